The summed E-state index contributed by atoms with van der Waals surface area (Å²) < 4.78 is 10.5. The van der Waals surface area contributed by atoms with Crippen LogP contribution in [-0.4, -0.2) is 20.3 Å². The highest BCUT2D eigenvalue weighted by molar-refractivity contribution is 5.47. The predicted octanol–water partition coefficient (Wildman–Crippen LogP) is 1.99. The predicted molar refractivity (Wildman–Crippen MR) is 57.6 cm³/mol. The van der Waals surface area contributed by atoms with Gasteiger partial charge in [-0.2, -0.15) is 0 Å². The molecular formula is C11H17NO2. The molecular weight excluding hydrogens is 178 g/mol. The Morgan fingerprint density at radius 3 is 2.79 bits per heavy atom. The molecule has 3 nitrogen and oxygen atoms in total. The van der Waals surface area contributed by atoms with Crippen molar-refractivity contribution in [1.29, 1.82) is 0 Å². The summed E-state index contributed by atoms with van der Waals surface area (Å²) in [6.45, 7) is 3.39. The van der Waals surface area contributed by atoms with Gasteiger partial charge in [-0.25, -0.2) is 0 Å². The first kappa shape index (κ1) is 10.9. The summed E-state index contributed by atoms with van der Waals surface area (Å²) in [5.41, 5.74) is 7.49. The highest BCUT2D eigenvalue weighted by atomic mass is 16.5. The molecule has 0 heterocycles. The SMILES string of the molecule is COCCCOc1cc(N)ccc1C. The van der Waals surface area contributed by atoms with E-state index in [9.17, 15) is 0 Å². The van der Waals surface area contributed by atoms with Crippen molar-refractivity contribution in [2.24, 2.45) is 0 Å². The Bertz CT molecular complexity index is 287. The molecule has 0 bridgehead atoms. The van der Waals surface area contributed by atoms with E-state index in [1.54, 1.807) is 7.11 Å². The third-order valence-electron chi connectivity index (χ3n) is 1.96. The van der Waals surface area contributed by atoms with Gasteiger partial charge in [-0.15, -0.1) is 0 Å². The maximum atomic E-state index is 5.65. The van der Waals surface area contributed by atoms with Gasteiger partial charge in [-0.1, -0.05) is 6.07 Å². The monoisotopic (exact) mass is 195 g/mol. The molecule has 3 heteroatoms. The van der Waals surface area contributed by atoms with Crippen molar-refractivity contribution in [2.75, 3.05) is 26.1 Å². The summed E-state index contributed by atoms with van der Waals surface area (Å²) in [6.07, 6.45) is 0.894. The van der Waals surface area contributed by atoms with Crippen molar-refractivity contribution in [3.63, 3.8) is 0 Å². The summed E-state index contributed by atoms with van der Waals surface area (Å²) >= 11 is 0. The molecule has 1 rings (SSSR count). The number of hydrogen-bond donors (Lipinski definition) is 1. The lowest BCUT2D eigenvalue weighted by Crippen LogP contribution is -2.02. The number of hydrogen-bond acceptors (Lipinski definition) is 3. The first-order chi connectivity index (χ1) is 6.74. The first-order valence-corrected chi connectivity index (χ1v) is 4.72. The maximum absolute atomic E-state index is 5.65. The van der Waals surface area contributed by atoms with Crippen LogP contribution in [0.4, 0.5) is 5.69 Å². The van der Waals surface area contributed by atoms with E-state index in [0.29, 0.717) is 6.61 Å². The number of benzene rings is 1. The molecule has 0 aromatic heterocycles. The molecule has 1 aromatic carbocycles. The summed E-state index contributed by atoms with van der Waals surface area (Å²) in [5.74, 6) is 0.862. The van der Waals surface area contributed by atoms with Crippen LogP contribution in [0.15, 0.2) is 18.2 Å². The molecule has 0 unspecified atom stereocenters. The largest absolute Gasteiger partial charge is 0.493 e. The van der Waals surface area contributed by atoms with Crippen molar-refractivity contribution in [2.45, 2.75) is 13.3 Å². The zero-order chi connectivity index (χ0) is 10.4. The van der Waals surface area contributed by atoms with Crippen LogP contribution in [0.25, 0.3) is 0 Å². The lowest BCUT2D eigenvalue weighted by Gasteiger charge is -2.09. The van der Waals surface area contributed by atoms with Crippen LogP contribution in [0.1, 0.15) is 12.0 Å². The molecule has 0 aliphatic rings. The van der Waals surface area contributed by atoms with E-state index in [4.69, 9.17) is 15.2 Å². The Hall–Kier alpha value is -1.22. The fourth-order valence-corrected chi connectivity index (χ4v) is 1.16. The molecule has 2 N–H and O–H groups in total. The van der Waals surface area contributed by atoms with Gasteiger partial charge in [0.15, 0.2) is 0 Å². The second kappa shape index (κ2) is 5.50. The van der Waals surface area contributed by atoms with Crippen molar-refractivity contribution in [3.8, 4) is 5.75 Å². The van der Waals surface area contributed by atoms with Crippen LogP contribution in [0, 0.1) is 6.92 Å². The molecule has 0 aliphatic carbocycles. The summed E-state index contributed by atoms with van der Waals surface area (Å²) in [6, 6.07) is 5.68. The Morgan fingerprint density at radius 2 is 2.07 bits per heavy atom. The molecule has 14 heavy (non-hydrogen) atoms. The van der Waals surface area contributed by atoms with Gasteiger partial charge in [0.1, 0.15) is 5.75 Å². The number of nitrogens with two attached hydrogens (primary N) is 1. The zero-order valence-corrected chi connectivity index (χ0v) is 8.75. The molecule has 0 saturated heterocycles. The van der Waals surface area contributed by atoms with Crippen LogP contribution in [0.2, 0.25) is 0 Å². The molecule has 0 saturated carbocycles. The summed E-state index contributed by atoms with van der Waals surface area (Å²) in [5, 5.41) is 0. The van der Waals surface area contributed by atoms with Crippen LogP contribution >= 0.6 is 0 Å². The highest BCUT2D eigenvalue weighted by Gasteiger charge is 1.99. The Morgan fingerprint density at radius 1 is 1.29 bits per heavy atom. The van der Waals surface area contributed by atoms with Gasteiger partial charge >= 0.3 is 0 Å². The third-order valence-corrected chi connectivity index (χ3v) is 1.96. The van der Waals surface area contributed by atoms with E-state index in [1.165, 1.54) is 0 Å². The number of methoxy groups -OCH3 is 1. The fraction of sp³-hybridized carbons (Fsp3) is 0.455. The lowest BCUT2D eigenvalue weighted by molar-refractivity contribution is 0.172. The Kier molecular flexibility index (Phi) is 4.26. The standard InChI is InChI=1S/C11H17NO2/c1-9-4-5-10(12)8-11(9)14-7-3-6-13-2/h4-5,8H,3,6-7,12H2,1-2H3. The second-order valence-electron chi connectivity index (χ2n) is 3.22. The van der Waals surface area contributed by atoms with Crippen LogP contribution in [0.5, 0.6) is 5.75 Å². The Labute approximate surface area is 84.8 Å². The lowest BCUT2D eigenvalue weighted by atomic mass is 10.2. The minimum Gasteiger partial charge on any atom is -0.493 e. The van der Waals surface area contributed by atoms with Crippen molar-refractivity contribution < 1.29 is 9.47 Å². The summed E-state index contributed by atoms with van der Waals surface area (Å²) in [7, 11) is 1.69. The normalized spacial score (nSPS) is 10.1. The molecule has 0 spiro atoms. The Balaban J connectivity index is 2.45. The number of aryl methyl sites for hydroxylation is 1. The van der Waals surface area contributed by atoms with Gasteiger partial charge in [0, 0.05) is 31.9 Å². The molecule has 0 fully saturated rings. The van der Waals surface area contributed by atoms with Gasteiger partial charge in [0.05, 0.1) is 6.61 Å². The fourth-order valence-electron chi connectivity index (χ4n) is 1.16. The van der Waals surface area contributed by atoms with Crippen molar-refractivity contribution in [3.05, 3.63) is 23.8 Å². The van der Waals surface area contributed by atoms with Crippen LogP contribution in [0.3, 0.4) is 0 Å². The van der Waals surface area contributed by atoms with Gasteiger partial charge in [-0.3, -0.25) is 0 Å². The molecule has 0 aliphatic heterocycles. The zero-order valence-electron chi connectivity index (χ0n) is 8.75. The number of ether oxygens (including phenoxy) is 2. The topological polar surface area (TPSA) is 44.5 Å². The smallest absolute Gasteiger partial charge is 0.124 e. The highest BCUT2D eigenvalue weighted by Crippen LogP contribution is 2.20. The minimum atomic E-state index is 0.665. The average molecular weight is 195 g/mol. The van der Waals surface area contributed by atoms with Crippen LogP contribution in [-0.2, 0) is 4.74 Å². The summed E-state index contributed by atoms with van der Waals surface area (Å²) in [4.78, 5) is 0. The molecule has 0 radical (unpaired) electrons. The average Bonchev–Trinajstić information content (AvgIpc) is 2.18. The first-order valence-electron chi connectivity index (χ1n) is 4.72. The molecule has 78 valence electrons. The quantitative estimate of drug-likeness (QED) is 0.577. The van der Waals surface area contributed by atoms with Crippen LogP contribution < -0.4 is 10.5 Å². The van der Waals surface area contributed by atoms with E-state index in [2.05, 4.69) is 0 Å². The molecule has 0 atom stereocenters. The third kappa shape index (κ3) is 3.26. The number of anilines is 1. The van der Waals surface area contributed by atoms with E-state index in [-0.39, 0.29) is 0 Å². The second-order valence-corrected chi connectivity index (χ2v) is 3.22. The minimum absolute atomic E-state index is 0.665. The number of nitrogen functional groups attached to an aromatic ring is 1. The van der Waals surface area contributed by atoms with Gasteiger partial charge in [-0.05, 0) is 18.6 Å². The van der Waals surface area contributed by atoms with Crippen molar-refractivity contribution in [1.82, 2.24) is 0 Å². The van der Waals surface area contributed by atoms with Gasteiger partial charge in [0.2, 0.25) is 0 Å². The van der Waals surface area contributed by atoms with Crippen molar-refractivity contribution >= 4 is 5.69 Å². The van der Waals surface area contributed by atoms with E-state index >= 15 is 0 Å². The van der Waals surface area contributed by atoms with E-state index < -0.39 is 0 Å². The van der Waals surface area contributed by atoms with Gasteiger partial charge in [0.25, 0.3) is 0 Å². The van der Waals surface area contributed by atoms with E-state index in [0.717, 1.165) is 30.0 Å². The molecule has 1 aromatic rings. The van der Waals surface area contributed by atoms with E-state index in [1.807, 2.05) is 25.1 Å². The molecule has 0 amide bonds. The number of rotatable bonds is 5. The maximum Gasteiger partial charge on any atom is 0.124 e. The van der Waals surface area contributed by atoms with Gasteiger partial charge < -0.3 is 15.2 Å².